The number of imide groups is 1. The summed E-state index contributed by atoms with van der Waals surface area (Å²) in [6.07, 6.45) is -1.24. The Balaban J connectivity index is 1.96. The van der Waals surface area contributed by atoms with Crippen LogP contribution in [-0.4, -0.2) is 32.9 Å². The zero-order chi connectivity index (χ0) is 27.0. The molecule has 4 rings (SSSR count). The van der Waals surface area contributed by atoms with Crippen LogP contribution in [0.2, 0.25) is 10.0 Å². The number of benzene rings is 3. The molecule has 0 N–H and O–H groups in total. The molecule has 0 radical (unpaired) electrons. The Morgan fingerprint density at radius 3 is 2.03 bits per heavy atom. The number of amides is 2. The van der Waals surface area contributed by atoms with Crippen molar-refractivity contribution in [2.24, 2.45) is 0 Å². The summed E-state index contributed by atoms with van der Waals surface area (Å²) < 4.78 is 5.75. The fourth-order valence-corrected chi connectivity index (χ4v) is 5.68. The van der Waals surface area contributed by atoms with Crippen LogP contribution >= 0.6 is 23.2 Å². The van der Waals surface area contributed by atoms with Gasteiger partial charge >= 0.3 is 6.09 Å². The molecule has 37 heavy (non-hydrogen) atoms. The lowest BCUT2D eigenvalue weighted by molar-refractivity contribution is -0.133. The van der Waals surface area contributed by atoms with Crippen LogP contribution in [0.3, 0.4) is 0 Å². The summed E-state index contributed by atoms with van der Waals surface area (Å²) >= 11 is 13.5. The number of ether oxygens (including phenoxy) is 1. The minimum Gasteiger partial charge on any atom is -0.443 e. The fourth-order valence-electron chi connectivity index (χ4n) is 5.09. The van der Waals surface area contributed by atoms with E-state index in [9.17, 15) is 9.59 Å². The summed E-state index contributed by atoms with van der Waals surface area (Å²) in [7, 11) is 0. The molecule has 0 aromatic heterocycles. The molecule has 0 bridgehead atoms. The van der Waals surface area contributed by atoms with Crippen molar-refractivity contribution in [1.29, 1.82) is 0 Å². The quantitative estimate of drug-likeness (QED) is 0.332. The van der Waals surface area contributed by atoms with Crippen LogP contribution < -0.4 is 0 Å². The summed E-state index contributed by atoms with van der Waals surface area (Å²) in [6, 6.07) is 24.6. The highest BCUT2D eigenvalue weighted by molar-refractivity contribution is 6.36. The first kappa shape index (κ1) is 27.2. The first-order valence-electron chi connectivity index (χ1n) is 12.3. The Morgan fingerprint density at radius 2 is 1.49 bits per heavy atom. The summed E-state index contributed by atoms with van der Waals surface area (Å²) in [6.45, 7) is 9.23. The maximum Gasteiger partial charge on any atom is 0.418 e. The van der Waals surface area contributed by atoms with Crippen molar-refractivity contribution >= 4 is 35.2 Å². The number of nitrogens with zero attached hydrogens (tertiary/aromatic N) is 2. The van der Waals surface area contributed by atoms with Crippen LogP contribution in [0, 0.1) is 0 Å². The van der Waals surface area contributed by atoms with Crippen molar-refractivity contribution in [3.8, 4) is 0 Å². The maximum absolute atomic E-state index is 14.4. The van der Waals surface area contributed by atoms with Crippen molar-refractivity contribution in [1.82, 2.24) is 9.80 Å². The summed E-state index contributed by atoms with van der Waals surface area (Å²) in [5.41, 5.74) is 0.540. The van der Waals surface area contributed by atoms with Crippen molar-refractivity contribution in [3.63, 3.8) is 0 Å². The topological polar surface area (TPSA) is 49.9 Å². The lowest BCUT2D eigenvalue weighted by atomic mass is 9.88. The molecule has 0 aliphatic carbocycles. The fraction of sp³-hybridized carbons (Fsp3) is 0.333. The average molecular weight is 540 g/mol. The number of halogens is 2. The molecule has 2 amide bonds. The van der Waals surface area contributed by atoms with E-state index >= 15 is 0 Å². The van der Waals surface area contributed by atoms with Gasteiger partial charge in [0.1, 0.15) is 17.3 Å². The molecule has 1 fully saturated rings. The minimum absolute atomic E-state index is 0.274. The Bertz CT molecular complexity index is 1260. The third-order valence-electron chi connectivity index (χ3n) is 6.70. The third kappa shape index (κ3) is 5.40. The van der Waals surface area contributed by atoms with Gasteiger partial charge in [0.25, 0.3) is 5.91 Å². The van der Waals surface area contributed by atoms with Gasteiger partial charge in [0.05, 0.1) is 0 Å². The number of carbonyl (C=O) groups excluding carboxylic acids is 2. The van der Waals surface area contributed by atoms with E-state index in [0.717, 1.165) is 11.1 Å². The molecule has 3 atom stereocenters. The van der Waals surface area contributed by atoms with Crippen LogP contribution in [0.4, 0.5) is 4.79 Å². The van der Waals surface area contributed by atoms with E-state index < -0.39 is 23.4 Å². The minimum atomic E-state index is -1.11. The van der Waals surface area contributed by atoms with E-state index in [4.69, 9.17) is 27.9 Å². The number of rotatable bonds is 5. The second kappa shape index (κ2) is 10.5. The molecule has 3 aromatic rings. The predicted molar refractivity (Wildman–Crippen MR) is 148 cm³/mol. The average Bonchev–Trinajstić information content (AvgIpc) is 3.05. The Hall–Kier alpha value is -2.86. The van der Waals surface area contributed by atoms with Gasteiger partial charge in [0, 0.05) is 21.7 Å². The highest BCUT2D eigenvalue weighted by atomic mass is 35.5. The van der Waals surface area contributed by atoms with Crippen molar-refractivity contribution in [3.05, 3.63) is 106 Å². The van der Waals surface area contributed by atoms with Crippen molar-refractivity contribution in [2.45, 2.75) is 64.4 Å². The molecule has 7 heteroatoms. The van der Waals surface area contributed by atoms with Crippen LogP contribution in [0.5, 0.6) is 0 Å². The van der Waals surface area contributed by atoms with Gasteiger partial charge in [0.15, 0.2) is 0 Å². The second-order valence-electron chi connectivity index (χ2n) is 10.6. The highest BCUT2D eigenvalue weighted by Gasteiger charge is 2.60. The van der Waals surface area contributed by atoms with Gasteiger partial charge in [-0.25, -0.2) is 9.69 Å². The molecule has 1 heterocycles. The lowest BCUT2D eigenvalue weighted by Crippen LogP contribution is -2.50. The maximum atomic E-state index is 14.4. The Labute approximate surface area is 228 Å². The number of hydrogen-bond donors (Lipinski definition) is 0. The Kier molecular flexibility index (Phi) is 7.70. The first-order valence-corrected chi connectivity index (χ1v) is 13.1. The molecule has 0 saturated carbocycles. The molecule has 3 aromatic carbocycles. The lowest BCUT2D eigenvalue weighted by Gasteiger charge is -2.41. The van der Waals surface area contributed by atoms with E-state index in [1.54, 1.807) is 39.0 Å². The van der Waals surface area contributed by atoms with Crippen LogP contribution in [0.25, 0.3) is 0 Å². The normalized spacial score (nSPS) is 21.2. The van der Waals surface area contributed by atoms with Crippen molar-refractivity contribution in [2.75, 3.05) is 0 Å². The molecule has 0 unspecified atom stereocenters. The highest BCUT2D eigenvalue weighted by Crippen LogP contribution is 2.50. The monoisotopic (exact) mass is 538 g/mol. The zero-order valence-corrected chi connectivity index (χ0v) is 23.3. The molecule has 1 aliphatic heterocycles. The molecular formula is C30H32Cl2N2O3. The number of hydrogen-bond acceptors (Lipinski definition) is 4. The van der Waals surface area contributed by atoms with E-state index in [1.165, 1.54) is 4.90 Å². The molecule has 0 spiro atoms. The second-order valence-corrected chi connectivity index (χ2v) is 11.4. The van der Waals surface area contributed by atoms with Crippen LogP contribution in [0.15, 0.2) is 78.9 Å². The van der Waals surface area contributed by atoms with Crippen LogP contribution in [0.1, 0.15) is 63.5 Å². The summed E-state index contributed by atoms with van der Waals surface area (Å²) in [5.74, 6) is -0.366. The Morgan fingerprint density at radius 1 is 0.946 bits per heavy atom. The van der Waals surface area contributed by atoms with Gasteiger partial charge in [-0.3, -0.25) is 9.69 Å². The predicted octanol–water partition coefficient (Wildman–Crippen LogP) is 7.83. The van der Waals surface area contributed by atoms with Gasteiger partial charge in [0.2, 0.25) is 0 Å². The summed E-state index contributed by atoms with van der Waals surface area (Å²) in [4.78, 5) is 31.3. The molecule has 5 nitrogen and oxygen atoms in total. The number of carbonyl (C=O) groups is 2. The SMILES string of the molecule is C[C@H](c1ccccc1)N1[C@@H](c2c(Cl)cccc2Cl)N(C(=O)OC(C)(C)C)C(=O)[C@@]1(C)Cc1ccccc1. The van der Waals surface area contributed by atoms with Gasteiger partial charge in [-0.05, 0) is 64.3 Å². The molecule has 194 valence electrons. The van der Waals surface area contributed by atoms with Gasteiger partial charge < -0.3 is 4.74 Å². The van der Waals surface area contributed by atoms with E-state index in [0.29, 0.717) is 22.0 Å². The molecule has 1 saturated heterocycles. The first-order chi connectivity index (χ1) is 17.4. The van der Waals surface area contributed by atoms with Crippen LogP contribution in [-0.2, 0) is 16.0 Å². The van der Waals surface area contributed by atoms with Gasteiger partial charge in [-0.15, -0.1) is 0 Å². The standard InChI is InChI=1S/C30H32Cl2N2O3/c1-20(22-15-10-7-11-16-22)34-26(25-23(31)17-12-18-24(25)32)33(28(36)37-29(2,3)4)27(35)30(34,5)19-21-13-8-6-9-14-21/h6-18,20,26H,19H2,1-5H3/t20-,26+,30-/m1/s1. The van der Waals surface area contributed by atoms with Gasteiger partial charge in [-0.1, -0.05) is 89.9 Å². The van der Waals surface area contributed by atoms with E-state index in [-0.39, 0.29) is 11.9 Å². The van der Waals surface area contributed by atoms with Crippen molar-refractivity contribution < 1.29 is 14.3 Å². The zero-order valence-electron chi connectivity index (χ0n) is 21.7. The molecular weight excluding hydrogens is 507 g/mol. The van der Waals surface area contributed by atoms with E-state index in [1.807, 2.05) is 74.5 Å². The van der Waals surface area contributed by atoms with Gasteiger partial charge in [-0.2, -0.15) is 0 Å². The summed E-state index contributed by atoms with van der Waals surface area (Å²) in [5, 5.41) is 0.737. The van der Waals surface area contributed by atoms with E-state index in [2.05, 4.69) is 4.90 Å². The molecule has 1 aliphatic rings. The third-order valence-corrected chi connectivity index (χ3v) is 7.36. The largest absolute Gasteiger partial charge is 0.443 e. The smallest absolute Gasteiger partial charge is 0.418 e.